The number of hydrogen-bond donors (Lipinski definition) is 0. The van der Waals surface area contributed by atoms with Crippen LogP contribution in [0.4, 0.5) is 5.69 Å². The number of nitrogens with zero attached hydrogens (tertiary/aromatic N) is 2. The fourth-order valence-electron chi connectivity index (χ4n) is 1.90. The molecule has 1 aromatic carbocycles. The molecule has 0 aromatic heterocycles. The summed E-state index contributed by atoms with van der Waals surface area (Å²) in [7, 11) is 0. The second-order valence-corrected chi connectivity index (χ2v) is 5.66. The van der Waals surface area contributed by atoms with Gasteiger partial charge in [-0.3, -0.25) is 0 Å². The molecule has 2 rings (SSSR count). The molecule has 0 radical (unpaired) electrons. The fraction of sp³-hybridized carbons (Fsp3) is 0.462. The summed E-state index contributed by atoms with van der Waals surface area (Å²) in [6.45, 7) is 4.54. The minimum Gasteiger partial charge on any atom is -0.371 e. The van der Waals surface area contributed by atoms with E-state index in [-0.39, 0.29) is 0 Å². The number of thioether (sulfide) groups is 1. The van der Waals surface area contributed by atoms with Crippen LogP contribution in [0.2, 0.25) is 0 Å². The highest BCUT2D eigenvalue weighted by molar-refractivity contribution is 7.99. The molecule has 1 heterocycles. The van der Waals surface area contributed by atoms with Crippen LogP contribution in [0.25, 0.3) is 0 Å². The van der Waals surface area contributed by atoms with Gasteiger partial charge < -0.3 is 4.90 Å². The highest BCUT2D eigenvalue weighted by Gasteiger charge is 2.14. The van der Waals surface area contributed by atoms with Crippen molar-refractivity contribution in [3.05, 3.63) is 29.8 Å². The van der Waals surface area contributed by atoms with Crippen molar-refractivity contribution in [2.75, 3.05) is 23.7 Å². The Morgan fingerprint density at radius 3 is 2.75 bits per heavy atom. The smallest absolute Gasteiger partial charge is 0.0991 e. The van der Waals surface area contributed by atoms with Gasteiger partial charge in [-0.15, -0.1) is 0 Å². The van der Waals surface area contributed by atoms with Crippen molar-refractivity contribution in [3.63, 3.8) is 0 Å². The van der Waals surface area contributed by atoms with Crippen LogP contribution in [0.5, 0.6) is 0 Å². The standard InChI is InChI=1S/C13H16N2S/c1-11-6-7-15(8-9-16-11)13-4-2-12(10-14)3-5-13/h2-5,11H,6-9H2,1H3/t11-/m1/s1. The fourth-order valence-corrected chi connectivity index (χ4v) is 2.90. The Labute approximate surface area is 101 Å². The van der Waals surface area contributed by atoms with Gasteiger partial charge in [-0.2, -0.15) is 17.0 Å². The molecule has 84 valence electrons. The predicted octanol–water partition coefficient (Wildman–Crippen LogP) is 2.89. The van der Waals surface area contributed by atoms with Gasteiger partial charge in [0.2, 0.25) is 0 Å². The number of anilines is 1. The van der Waals surface area contributed by atoms with E-state index >= 15 is 0 Å². The topological polar surface area (TPSA) is 27.0 Å². The molecular weight excluding hydrogens is 216 g/mol. The lowest BCUT2D eigenvalue weighted by atomic mass is 10.2. The number of hydrogen-bond acceptors (Lipinski definition) is 3. The van der Waals surface area contributed by atoms with Gasteiger partial charge in [-0.05, 0) is 30.7 Å². The second-order valence-electron chi connectivity index (χ2n) is 4.12. The zero-order valence-corrected chi connectivity index (χ0v) is 10.3. The summed E-state index contributed by atoms with van der Waals surface area (Å²) in [5.74, 6) is 1.20. The Morgan fingerprint density at radius 2 is 2.06 bits per heavy atom. The van der Waals surface area contributed by atoms with Crippen molar-refractivity contribution in [3.8, 4) is 6.07 Å². The minimum atomic E-state index is 0.737. The molecule has 16 heavy (non-hydrogen) atoms. The lowest BCUT2D eigenvalue weighted by molar-refractivity contribution is 0.764. The summed E-state index contributed by atoms with van der Waals surface area (Å²) in [6, 6.07) is 10.1. The Kier molecular flexibility index (Phi) is 3.74. The molecule has 0 aliphatic carbocycles. The molecule has 0 amide bonds. The molecule has 1 saturated heterocycles. The lowest BCUT2D eigenvalue weighted by Gasteiger charge is -2.22. The van der Waals surface area contributed by atoms with E-state index in [1.54, 1.807) is 0 Å². The maximum Gasteiger partial charge on any atom is 0.0991 e. The first-order valence-corrected chi connectivity index (χ1v) is 6.71. The molecule has 1 aliphatic heterocycles. The second kappa shape index (κ2) is 5.27. The monoisotopic (exact) mass is 232 g/mol. The van der Waals surface area contributed by atoms with Crippen molar-refractivity contribution >= 4 is 17.4 Å². The Bertz CT molecular complexity index is 380. The average molecular weight is 232 g/mol. The van der Waals surface area contributed by atoms with Crippen molar-refractivity contribution in [1.29, 1.82) is 5.26 Å². The van der Waals surface area contributed by atoms with Gasteiger partial charge in [0.15, 0.2) is 0 Å². The van der Waals surface area contributed by atoms with Crippen LogP contribution in [0.15, 0.2) is 24.3 Å². The summed E-state index contributed by atoms with van der Waals surface area (Å²) < 4.78 is 0. The van der Waals surface area contributed by atoms with Gasteiger partial charge in [-0.25, -0.2) is 0 Å². The van der Waals surface area contributed by atoms with E-state index < -0.39 is 0 Å². The minimum absolute atomic E-state index is 0.737. The van der Waals surface area contributed by atoms with Gasteiger partial charge in [0, 0.05) is 29.8 Å². The molecule has 1 aliphatic rings. The van der Waals surface area contributed by atoms with Crippen molar-refractivity contribution in [2.24, 2.45) is 0 Å². The third kappa shape index (κ3) is 2.70. The van der Waals surface area contributed by atoms with Crippen LogP contribution in [-0.2, 0) is 0 Å². The summed E-state index contributed by atoms with van der Waals surface area (Å²) in [4.78, 5) is 2.41. The Morgan fingerprint density at radius 1 is 1.31 bits per heavy atom. The van der Waals surface area contributed by atoms with E-state index in [0.29, 0.717) is 0 Å². The largest absolute Gasteiger partial charge is 0.371 e. The molecule has 1 atom stereocenters. The SMILES string of the molecule is C[C@@H]1CCN(c2ccc(C#N)cc2)CCS1. The predicted molar refractivity (Wildman–Crippen MR) is 69.9 cm³/mol. The van der Waals surface area contributed by atoms with Crippen LogP contribution in [0.1, 0.15) is 18.9 Å². The summed E-state index contributed by atoms with van der Waals surface area (Å²) in [5.41, 5.74) is 1.98. The van der Waals surface area contributed by atoms with Crippen LogP contribution >= 0.6 is 11.8 Å². The normalized spacial score (nSPS) is 21.2. The first-order valence-electron chi connectivity index (χ1n) is 5.66. The summed E-state index contributed by atoms with van der Waals surface area (Å²) in [5, 5.41) is 9.52. The average Bonchev–Trinajstić information content (AvgIpc) is 2.54. The third-order valence-electron chi connectivity index (χ3n) is 2.93. The van der Waals surface area contributed by atoms with Crippen molar-refractivity contribution in [2.45, 2.75) is 18.6 Å². The van der Waals surface area contributed by atoms with E-state index in [0.717, 1.165) is 23.9 Å². The van der Waals surface area contributed by atoms with Gasteiger partial charge in [-0.1, -0.05) is 6.92 Å². The molecule has 2 nitrogen and oxygen atoms in total. The molecule has 0 spiro atoms. The van der Waals surface area contributed by atoms with E-state index in [1.165, 1.54) is 17.9 Å². The Balaban J connectivity index is 2.08. The molecule has 0 unspecified atom stereocenters. The highest BCUT2D eigenvalue weighted by atomic mass is 32.2. The maximum absolute atomic E-state index is 8.75. The number of nitriles is 1. The maximum atomic E-state index is 8.75. The van der Waals surface area contributed by atoms with E-state index in [9.17, 15) is 0 Å². The lowest BCUT2D eigenvalue weighted by Crippen LogP contribution is -2.25. The van der Waals surface area contributed by atoms with E-state index in [1.807, 2.05) is 12.1 Å². The quantitative estimate of drug-likeness (QED) is 0.745. The molecule has 0 saturated carbocycles. The van der Waals surface area contributed by atoms with Gasteiger partial charge in [0.05, 0.1) is 11.6 Å². The van der Waals surface area contributed by atoms with Crippen LogP contribution in [0.3, 0.4) is 0 Å². The first kappa shape index (κ1) is 11.3. The highest BCUT2D eigenvalue weighted by Crippen LogP contribution is 2.23. The van der Waals surface area contributed by atoms with Gasteiger partial charge in [0.1, 0.15) is 0 Å². The molecule has 3 heteroatoms. The zero-order valence-electron chi connectivity index (χ0n) is 9.52. The van der Waals surface area contributed by atoms with Crippen LogP contribution in [-0.4, -0.2) is 24.1 Å². The van der Waals surface area contributed by atoms with E-state index in [2.05, 4.69) is 41.8 Å². The number of rotatable bonds is 1. The van der Waals surface area contributed by atoms with Crippen LogP contribution < -0.4 is 4.90 Å². The van der Waals surface area contributed by atoms with Crippen molar-refractivity contribution < 1.29 is 0 Å². The molecule has 0 bridgehead atoms. The molecule has 1 aromatic rings. The van der Waals surface area contributed by atoms with Crippen LogP contribution in [0, 0.1) is 11.3 Å². The zero-order chi connectivity index (χ0) is 11.4. The van der Waals surface area contributed by atoms with Crippen molar-refractivity contribution in [1.82, 2.24) is 0 Å². The third-order valence-corrected chi connectivity index (χ3v) is 4.15. The summed E-state index contributed by atoms with van der Waals surface area (Å²) >= 11 is 2.05. The van der Waals surface area contributed by atoms with Gasteiger partial charge >= 0.3 is 0 Å². The van der Waals surface area contributed by atoms with Gasteiger partial charge in [0.25, 0.3) is 0 Å². The van der Waals surface area contributed by atoms with E-state index in [4.69, 9.17) is 5.26 Å². The molecule has 1 fully saturated rings. The summed E-state index contributed by atoms with van der Waals surface area (Å²) in [6.07, 6.45) is 1.24. The first-order chi connectivity index (χ1) is 7.79. The molecule has 0 N–H and O–H groups in total. The Hall–Kier alpha value is -1.14. The number of benzene rings is 1. The molecular formula is C13H16N2S.